The van der Waals surface area contributed by atoms with Gasteiger partial charge in [0.15, 0.2) is 0 Å². The molecule has 0 saturated carbocycles. The van der Waals surface area contributed by atoms with Gasteiger partial charge in [-0.15, -0.1) is 11.8 Å². The van der Waals surface area contributed by atoms with Gasteiger partial charge in [0, 0.05) is 18.9 Å². The summed E-state index contributed by atoms with van der Waals surface area (Å²) in [6.45, 7) is 5.61. The van der Waals surface area contributed by atoms with Crippen molar-refractivity contribution in [2.45, 2.75) is 44.5 Å². The van der Waals surface area contributed by atoms with Crippen LogP contribution in [0.3, 0.4) is 0 Å². The van der Waals surface area contributed by atoms with Crippen LogP contribution >= 0.6 is 11.8 Å². The van der Waals surface area contributed by atoms with Crippen LogP contribution in [0, 0.1) is 0 Å². The van der Waals surface area contributed by atoms with Crippen LogP contribution in [-0.2, 0) is 9.53 Å². The first kappa shape index (κ1) is 17.1. The molecule has 2 N–H and O–H groups in total. The number of carbonyl (C=O) groups is 2. The lowest BCUT2D eigenvalue weighted by atomic mass is 10.3. The number of hydrogen-bond acceptors (Lipinski definition) is 4. The maximum Gasteiger partial charge on any atom is 0.327 e. The maximum absolute atomic E-state index is 12.1. The maximum atomic E-state index is 12.1. The van der Waals surface area contributed by atoms with Gasteiger partial charge in [0.2, 0.25) is 0 Å². The zero-order chi connectivity index (χ0) is 15.0. The monoisotopic (exact) mass is 304 g/mol. The Morgan fingerprint density at radius 2 is 2.15 bits per heavy atom. The fraction of sp³-hybridized carbons (Fsp3) is 0.846. The molecule has 1 fully saturated rings. The van der Waals surface area contributed by atoms with Crippen LogP contribution in [0.2, 0.25) is 0 Å². The van der Waals surface area contributed by atoms with Crippen LogP contribution in [0.15, 0.2) is 0 Å². The summed E-state index contributed by atoms with van der Waals surface area (Å²) >= 11 is 1.52. The lowest BCUT2D eigenvalue weighted by Crippen LogP contribution is -2.50. The van der Waals surface area contributed by atoms with Gasteiger partial charge in [0.25, 0.3) is 0 Å². The Morgan fingerprint density at radius 1 is 1.40 bits per heavy atom. The second-order valence-corrected chi connectivity index (χ2v) is 5.87. The van der Waals surface area contributed by atoms with Crippen molar-refractivity contribution >= 4 is 23.8 Å². The molecular formula is C13H24N2O4S. The molecule has 0 aromatic rings. The van der Waals surface area contributed by atoms with Crippen LogP contribution in [0.25, 0.3) is 0 Å². The van der Waals surface area contributed by atoms with Crippen LogP contribution in [0.1, 0.15) is 33.1 Å². The molecule has 20 heavy (non-hydrogen) atoms. The van der Waals surface area contributed by atoms with E-state index in [1.54, 1.807) is 0 Å². The summed E-state index contributed by atoms with van der Waals surface area (Å²) in [7, 11) is 0. The number of urea groups is 1. The summed E-state index contributed by atoms with van der Waals surface area (Å²) in [5, 5.41) is 11.8. The van der Waals surface area contributed by atoms with Crippen molar-refractivity contribution in [3.05, 3.63) is 0 Å². The third kappa shape index (κ3) is 4.86. The number of aliphatic carboxylic acids is 1. The number of thioether (sulfide) groups is 1. The van der Waals surface area contributed by atoms with E-state index in [0.29, 0.717) is 25.5 Å². The van der Waals surface area contributed by atoms with E-state index in [1.165, 1.54) is 16.7 Å². The Hall–Kier alpha value is -0.950. The van der Waals surface area contributed by atoms with E-state index in [2.05, 4.69) is 12.2 Å². The Balaban J connectivity index is 2.37. The van der Waals surface area contributed by atoms with Gasteiger partial charge in [-0.25, -0.2) is 9.59 Å². The molecule has 0 radical (unpaired) electrons. The number of rotatable bonds is 8. The highest BCUT2D eigenvalue weighted by Gasteiger charge is 2.40. The minimum atomic E-state index is -0.942. The summed E-state index contributed by atoms with van der Waals surface area (Å²) in [6.07, 6.45) is 2.83. The molecule has 0 aromatic heterocycles. The standard InChI is InChI=1S/C13H24N2O4S/c1-3-5-7-19-8-6-14-13(18)15-10(12(16)17)9-20-11(15)4-2/h10-11H,3-9H2,1-2H3,(H,14,18)(H,16,17). The molecule has 0 aromatic carbocycles. The fourth-order valence-electron chi connectivity index (χ4n) is 2.01. The van der Waals surface area contributed by atoms with E-state index >= 15 is 0 Å². The molecule has 1 aliphatic rings. The molecule has 1 heterocycles. The van der Waals surface area contributed by atoms with Crippen molar-refractivity contribution in [2.75, 3.05) is 25.5 Å². The number of amides is 2. The first-order chi connectivity index (χ1) is 9.61. The van der Waals surface area contributed by atoms with E-state index in [-0.39, 0.29) is 11.4 Å². The molecule has 1 rings (SSSR count). The van der Waals surface area contributed by atoms with Gasteiger partial charge in [-0.2, -0.15) is 0 Å². The number of ether oxygens (including phenoxy) is 1. The number of nitrogens with zero attached hydrogens (tertiary/aromatic N) is 1. The van der Waals surface area contributed by atoms with Crippen molar-refractivity contribution in [2.24, 2.45) is 0 Å². The van der Waals surface area contributed by atoms with Gasteiger partial charge in [0.1, 0.15) is 6.04 Å². The van der Waals surface area contributed by atoms with Gasteiger partial charge >= 0.3 is 12.0 Å². The highest BCUT2D eigenvalue weighted by molar-refractivity contribution is 8.00. The number of carboxylic acid groups (broad SMARTS) is 1. The molecule has 0 spiro atoms. The van der Waals surface area contributed by atoms with Gasteiger partial charge in [-0.05, 0) is 12.8 Å². The SMILES string of the molecule is CCCCOCCNC(=O)N1C(CC)SCC1C(=O)O. The van der Waals surface area contributed by atoms with E-state index < -0.39 is 12.0 Å². The molecular weight excluding hydrogens is 280 g/mol. The van der Waals surface area contributed by atoms with Gasteiger partial charge in [0.05, 0.1) is 12.0 Å². The first-order valence-corrected chi connectivity index (χ1v) is 8.15. The Morgan fingerprint density at radius 3 is 2.75 bits per heavy atom. The van der Waals surface area contributed by atoms with Crippen LogP contribution in [0.4, 0.5) is 4.79 Å². The molecule has 6 nitrogen and oxygen atoms in total. The zero-order valence-electron chi connectivity index (χ0n) is 12.1. The summed E-state index contributed by atoms with van der Waals surface area (Å²) in [5.74, 6) is -0.489. The molecule has 2 amide bonds. The highest BCUT2D eigenvalue weighted by Crippen LogP contribution is 2.31. The predicted octanol–water partition coefficient (Wildman–Crippen LogP) is 1.75. The van der Waals surface area contributed by atoms with Crippen LogP contribution in [-0.4, -0.2) is 58.9 Å². The van der Waals surface area contributed by atoms with E-state index in [9.17, 15) is 9.59 Å². The topological polar surface area (TPSA) is 78.9 Å². The molecule has 2 unspecified atom stereocenters. The van der Waals surface area contributed by atoms with Crippen molar-refractivity contribution in [3.63, 3.8) is 0 Å². The van der Waals surface area contributed by atoms with Gasteiger partial charge in [-0.1, -0.05) is 20.3 Å². The minimum Gasteiger partial charge on any atom is -0.480 e. The molecule has 0 bridgehead atoms. The summed E-state index contributed by atoms with van der Waals surface area (Å²) in [5.41, 5.74) is 0. The number of hydrogen-bond donors (Lipinski definition) is 2. The minimum absolute atomic E-state index is 0.0582. The number of nitrogens with one attached hydrogen (secondary N) is 1. The molecule has 0 aliphatic carbocycles. The summed E-state index contributed by atoms with van der Waals surface area (Å²) in [4.78, 5) is 24.7. The Bertz CT molecular complexity index is 327. The largest absolute Gasteiger partial charge is 0.480 e. The molecule has 2 atom stereocenters. The normalized spacial score (nSPS) is 22.0. The lowest BCUT2D eigenvalue weighted by molar-refractivity contribution is -0.141. The Kier molecular flexibility index (Phi) is 7.76. The van der Waals surface area contributed by atoms with Crippen molar-refractivity contribution in [1.82, 2.24) is 10.2 Å². The average molecular weight is 304 g/mol. The third-order valence-corrected chi connectivity index (χ3v) is 4.58. The van der Waals surface area contributed by atoms with Crippen LogP contribution in [0.5, 0.6) is 0 Å². The molecule has 116 valence electrons. The Labute approximate surface area is 124 Å². The molecule has 1 saturated heterocycles. The smallest absolute Gasteiger partial charge is 0.327 e. The van der Waals surface area contributed by atoms with Gasteiger partial charge in [-0.3, -0.25) is 4.90 Å². The number of carbonyl (C=O) groups excluding carboxylic acids is 1. The summed E-state index contributed by atoms with van der Waals surface area (Å²) in [6, 6.07) is -1.04. The highest BCUT2D eigenvalue weighted by atomic mass is 32.2. The molecule has 1 aliphatic heterocycles. The average Bonchev–Trinajstić information content (AvgIpc) is 2.86. The van der Waals surface area contributed by atoms with E-state index in [0.717, 1.165) is 19.3 Å². The van der Waals surface area contributed by atoms with Crippen molar-refractivity contribution in [3.8, 4) is 0 Å². The van der Waals surface area contributed by atoms with Crippen molar-refractivity contribution < 1.29 is 19.4 Å². The predicted molar refractivity (Wildman–Crippen MR) is 78.9 cm³/mol. The quantitative estimate of drug-likeness (QED) is 0.668. The van der Waals surface area contributed by atoms with Crippen LogP contribution < -0.4 is 5.32 Å². The summed E-state index contributed by atoms with van der Waals surface area (Å²) < 4.78 is 5.36. The molecule has 7 heteroatoms. The zero-order valence-corrected chi connectivity index (χ0v) is 12.9. The van der Waals surface area contributed by atoms with Gasteiger partial charge < -0.3 is 15.2 Å². The first-order valence-electron chi connectivity index (χ1n) is 7.10. The van der Waals surface area contributed by atoms with Crippen molar-refractivity contribution in [1.29, 1.82) is 0 Å². The number of carboxylic acids is 1. The second kappa shape index (κ2) is 9.07. The number of unbranched alkanes of at least 4 members (excludes halogenated alkanes) is 1. The van der Waals surface area contributed by atoms with E-state index in [1.807, 2.05) is 6.92 Å². The second-order valence-electron chi connectivity index (χ2n) is 4.66. The lowest BCUT2D eigenvalue weighted by Gasteiger charge is -2.26. The fourth-order valence-corrected chi connectivity index (χ4v) is 3.36. The third-order valence-electron chi connectivity index (χ3n) is 3.13. The van der Waals surface area contributed by atoms with E-state index in [4.69, 9.17) is 9.84 Å².